The lowest BCUT2D eigenvalue weighted by Crippen LogP contribution is -2.42. The minimum Gasteiger partial charge on any atom is -0.492 e. The number of amides is 2. The van der Waals surface area contributed by atoms with Gasteiger partial charge in [0.05, 0.1) is 12.0 Å². The molecule has 0 aromatic heterocycles. The molecule has 1 saturated heterocycles. The minimum atomic E-state index is -0.365. The zero-order valence-corrected chi connectivity index (χ0v) is 16.0. The van der Waals surface area contributed by atoms with Gasteiger partial charge in [-0.05, 0) is 30.5 Å². The SMILES string of the molecule is O=C1CCN(C(=O)C2(c3ccccc3)CC2)CCN1CCOc1ccccc1. The van der Waals surface area contributed by atoms with Crippen LogP contribution in [0.4, 0.5) is 0 Å². The molecular formula is C23H26N2O3. The first-order valence-electron chi connectivity index (χ1n) is 10.00. The van der Waals surface area contributed by atoms with Crippen molar-refractivity contribution in [3.63, 3.8) is 0 Å². The average Bonchev–Trinajstić information content (AvgIpc) is 3.56. The number of nitrogens with zero attached hydrogens (tertiary/aromatic N) is 2. The molecule has 2 fully saturated rings. The molecule has 2 amide bonds. The molecule has 1 saturated carbocycles. The quantitative estimate of drug-likeness (QED) is 0.777. The van der Waals surface area contributed by atoms with Crippen molar-refractivity contribution in [3.8, 4) is 5.75 Å². The first-order valence-corrected chi connectivity index (χ1v) is 10.00. The third-order valence-electron chi connectivity index (χ3n) is 5.73. The average molecular weight is 378 g/mol. The normalized spacial score (nSPS) is 18.5. The summed E-state index contributed by atoms with van der Waals surface area (Å²) < 4.78 is 5.72. The van der Waals surface area contributed by atoms with Crippen molar-refractivity contribution in [1.29, 1.82) is 0 Å². The number of carbonyl (C=O) groups is 2. The maximum absolute atomic E-state index is 13.2. The molecule has 2 aliphatic rings. The molecule has 2 aromatic carbocycles. The molecule has 0 atom stereocenters. The molecule has 5 nitrogen and oxygen atoms in total. The molecule has 5 heteroatoms. The second-order valence-electron chi connectivity index (χ2n) is 7.53. The van der Waals surface area contributed by atoms with Gasteiger partial charge < -0.3 is 14.5 Å². The molecule has 2 aromatic rings. The van der Waals surface area contributed by atoms with Gasteiger partial charge in [-0.1, -0.05) is 48.5 Å². The number of ether oxygens (including phenoxy) is 1. The van der Waals surface area contributed by atoms with E-state index < -0.39 is 0 Å². The first-order chi connectivity index (χ1) is 13.7. The molecule has 146 valence electrons. The monoisotopic (exact) mass is 378 g/mol. The second-order valence-corrected chi connectivity index (χ2v) is 7.53. The highest BCUT2D eigenvalue weighted by atomic mass is 16.5. The van der Waals surface area contributed by atoms with E-state index in [1.165, 1.54) is 0 Å². The number of hydrogen-bond acceptors (Lipinski definition) is 3. The topological polar surface area (TPSA) is 49.9 Å². The smallest absolute Gasteiger partial charge is 0.233 e. The Balaban J connectivity index is 1.34. The minimum absolute atomic E-state index is 0.0940. The largest absolute Gasteiger partial charge is 0.492 e. The van der Waals surface area contributed by atoms with Gasteiger partial charge in [0, 0.05) is 26.1 Å². The summed E-state index contributed by atoms with van der Waals surface area (Å²) in [6.45, 7) is 2.65. The number of para-hydroxylation sites is 1. The van der Waals surface area contributed by atoms with Gasteiger partial charge in [-0.2, -0.15) is 0 Å². The van der Waals surface area contributed by atoms with Crippen molar-refractivity contribution in [2.75, 3.05) is 32.8 Å². The van der Waals surface area contributed by atoms with Gasteiger partial charge in [0.1, 0.15) is 12.4 Å². The molecule has 4 rings (SSSR count). The lowest BCUT2D eigenvalue weighted by atomic mass is 9.94. The van der Waals surface area contributed by atoms with Crippen LogP contribution in [0.15, 0.2) is 60.7 Å². The summed E-state index contributed by atoms with van der Waals surface area (Å²) in [7, 11) is 0. The van der Waals surface area contributed by atoms with Gasteiger partial charge in [-0.25, -0.2) is 0 Å². The fraction of sp³-hybridized carbons (Fsp3) is 0.391. The van der Waals surface area contributed by atoms with Crippen molar-refractivity contribution >= 4 is 11.8 Å². The van der Waals surface area contributed by atoms with Crippen LogP contribution in [0.5, 0.6) is 5.75 Å². The summed E-state index contributed by atoms with van der Waals surface area (Å²) in [5.74, 6) is 1.07. The summed E-state index contributed by atoms with van der Waals surface area (Å²) in [6.07, 6.45) is 2.17. The number of benzene rings is 2. The molecule has 28 heavy (non-hydrogen) atoms. The lowest BCUT2D eigenvalue weighted by Gasteiger charge is -2.26. The van der Waals surface area contributed by atoms with Crippen LogP contribution in [0.3, 0.4) is 0 Å². The summed E-state index contributed by atoms with van der Waals surface area (Å²) in [6, 6.07) is 19.6. The third kappa shape index (κ3) is 3.88. The predicted octanol–water partition coefficient (Wildman–Crippen LogP) is 2.86. The van der Waals surface area contributed by atoms with Crippen LogP contribution in [0.1, 0.15) is 24.8 Å². The molecule has 0 unspecified atom stereocenters. The van der Waals surface area contributed by atoms with Crippen LogP contribution in [0.25, 0.3) is 0 Å². The van der Waals surface area contributed by atoms with Gasteiger partial charge in [0.25, 0.3) is 0 Å². The third-order valence-corrected chi connectivity index (χ3v) is 5.73. The van der Waals surface area contributed by atoms with Crippen molar-refractivity contribution in [2.24, 2.45) is 0 Å². The van der Waals surface area contributed by atoms with Gasteiger partial charge in [0.2, 0.25) is 11.8 Å². The molecule has 1 heterocycles. The lowest BCUT2D eigenvalue weighted by molar-refractivity contribution is -0.133. The molecule has 0 N–H and O–H groups in total. The Kier molecular flexibility index (Phi) is 5.33. The van der Waals surface area contributed by atoms with E-state index in [4.69, 9.17) is 4.74 Å². The van der Waals surface area contributed by atoms with Crippen LogP contribution in [-0.2, 0) is 15.0 Å². The van der Waals surface area contributed by atoms with Gasteiger partial charge in [-0.3, -0.25) is 9.59 Å². The number of hydrogen-bond donors (Lipinski definition) is 0. The number of rotatable bonds is 6. The Bertz CT molecular complexity index is 818. The van der Waals surface area contributed by atoms with E-state index in [2.05, 4.69) is 0 Å². The van der Waals surface area contributed by atoms with Crippen molar-refractivity contribution in [3.05, 3.63) is 66.2 Å². The summed E-state index contributed by atoms with van der Waals surface area (Å²) in [4.78, 5) is 29.4. The van der Waals surface area contributed by atoms with Gasteiger partial charge >= 0.3 is 0 Å². The van der Waals surface area contributed by atoms with Crippen LogP contribution in [0.2, 0.25) is 0 Å². The number of carbonyl (C=O) groups excluding carboxylic acids is 2. The van der Waals surface area contributed by atoms with E-state index in [-0.39, 0.29) is 17.2 Å². The van der Waals surface area contributed by atoms with Crippen LogP contribution in [0, 0.1) is 0 Å². The fourth-order valence-corrected chi connectivity index (χ4v) is 3.91. The van der Waals surface area contributed by atoms with Crippen LogP contribution in [-0.4, -0.2) is 54.4 Å². The molecule has 0 spiro atoms. The second kappa shape index (κ2) is 8.05. The van der Waals surface area contributed by atoms with Crippen LogP contribution < -0.4 is 4.74 Å². The Morgan fingerprint density at radius 2 is 1.61 bits per heavy atom. The molecular weight excluding hydrogens is 352 g/mol. The Morgan fingerprint density at radius 1 is 0.929 bits per heavy atom. The molecule has 1 aliphatic carbocycles. The van der Waals surface area contributed by atoms with Crippen molar-refractivity contribution in [2.45, 2.75) is 24.7 Å². The van der Waals surface area contributed by atoms with E-state index >= 15 is 0 Å². The van der Waals surface area contributed by atoms with Gasteiger partial charge in [0.15, 0.2) is 0 Å². The fourth-order valence-electron chi connectivity index (χ4n) is 3.91. The zero-order chi connectivity index (χ0) is 19.4. The highest BCUT2D eigenvalue weighted by Crippen LogP contribution is 2.49. The van der Waals surface area contributed by atoms with E-state index in [9.17, 15) is 9.59 Å². The summed E-state index contributed by atoms with van der Waals surface area (Å²) >= 11 is 0. The molecule has 1 aliphatic heterocycles. The van der Waals surface area contributed by atoms with E-state index in [0.717, 1.165) is 24.2 Å². The Labute approximate surface area is 165 Å². The first kappa shape index (κ1) is 18.5. The van der Waals surface area contributed by atoms with Crippen molar-refractivity contribution < 1.29 is 14.3 Å². The van der Waals surface area contributed by atoms with Gasteiger partial charge in [-0.15, -0.1) is 0 Å². The highest BCUT2D eigenvalue weighted by Gasteiger charge is 2.53. The standard InChI is InChI=1S/C23H26N2O3/c26-21-11-14-25(22(27)23(12-13-23)19-7-3-1-4-8-19)16-15-24(21)17-18-28-20-9-5-2-6-10-20/h1-10H,11-18H2. The molecule has 0 bridgehead atoms. The zero-order valence-electron chi connectivity index (χ0n) is 16.0. The Morgan fingerprint density at radius 3 is 2.29 bits per heavy atom. The summed E-state index contributed by atoms with van der Waals surface area (Å²) in [5, 5.41) is 0. The van der Waals surface area contributed by atoms with Crippen molar-refractivity contribution in [1.82, 2.24) is 9.80 Å². The molecule has 0 radical (unpaired) electrons. The predicted molar refractivity (Wildman–Crippen MR) is 107 cm³/mol. The van der Waals surface area contributed by atoms with E-state index in [0.29, 0.717) is 39.2 Å². The highest BCUT2D eigenvalue weighted by molar-refractivity contribution is 5.92. The van der Waals surface area contributed by atoms with E-state index in [1.807, 2.05) is 70.5 Å². The maximum atomic E-state index is 13.2. The Hall–Kier alpha value is -2.82. The van der Waals surface area contributed by atoms with E-state index in [1.54, 1.807) is 0 Å². The van der Waals surface area contributed by atoms with Crippen LogP contribution >= 0.6 is 0 Å². The maximum Gasteiger partial charge on any atom is 0.233 e. The summed E-state index contributed by atoms with van der Waals surface area (Å²) in [5.41, 5.74) is 0.735.